The fourth-order valence-electron chi connectivity index (χ4n) is 3.83. The van der Waals surface area contributed by atoms with Crippen LogP contribution in [0.4, 0.5) is 0 Å². The molecule has 0 fully saturated rings. The van der Waals surface area contributed by atoms with E-state index in [0.717, 1.165) is 29.4 Å². The Labute approximate surface area is 187 Å². The summed E-state index contributed by atoms with van der Waals surface area (Å²) in [4.78, 5) is 31.7. The largest absolute Gasteiger partial charge is 0.297 e. The smallest absolute Gasteiger partial charge is 0.274 e. The van der Waals surface area contributed by atoms with Gasteiger partial charge in [-0.3, -0.25) is 24.5 Å². The van der Waals surface area contributed by atoms with E-state index in [9.17, 15) is 9.59 Å². The molecule has 0 radical (unpaired) electrons. The summed E-state index contributed by atoms with van der Waals surface area (Å²) in [6.07, 6.45) is 0. The minimum Gasteiger partial charge on any atom is -0.297 e. The van der Waals surface area contributed by atoms with E-state index < -0.39 is 11.8 Å². The third-order valence-corrected chi connectivity index (χ3v) is 5.72. The van der Waals surface area contributed by atoms with Crippen molar-refractivity contribution < 1.29 is 19.6 Å². The highest BCUT2D eigenvalue weighted by Crippen LogP contribution is 2.28. The maximum atomic E-state index is 12.4. The molecule has 0 bridgehead atoms. The van der Waals surface area contributed by atoms with Crippen LogP contribution < -0.4 is 11.0 Å². The van der Waals surface area contributed by atoms with E-state index in [1.165, 1.54) is 29.8 Å². The lowest BCUT2D eigenvalue weighted by atomic mass is 9.97. The van der Waals surface area contributed by atoms with Gasteiger partial charge in [-0.15, -0.1) is 0 Å². The predicted octanol–water partition coefficient (Wildman–Crippen LogP) is 4.22. The summed E-state index contributed by atoms with van der Waals surface area (Å²) < 4.78 is 0. The van der Waals surface area contributed by atoms with E-state index >= 15 is 0 Å². The third-order valence-electron chi connectivity index (χ3n) is 5.72. The van der Waals surface area contributed by atoms with Crippen molar-refractivity contribution in [3.8, 4) is 0 Å². The van der Waals surface area contributed by atoms with Crippen LogP contribution >= 0.6 is 0 Å². The number of hydrogen-bond acceptors (Lipinski definition) is 5. The zero-order valence-electron chi connectivity index (χ0n) is 18.6. The number of hydroxylamine groups is 2. The number of carbonyl (C=O) groups is 2. The first-order valence-corrected chi connectivity index (χ1v) is 10.7. The van der Waals surface area contributed by atoms with Gasteiger partial charge in [0.25, 0.3) is 11.8 Å². The molecule has 0 saturated heterocycles. The molecule has 1 unspecified atom stereocenters. The minimum atomic E-state index is -0.640. The molecule has 3 N–H and O–H groups in total. The molecule has 0 aliphatic heterocycles. The molecule has 0 saturated carbocycles. The zero-order chi connectivity index (χ0) is 23.1. The molecule has 3 aromatic carbocycles. The highest BCUT2D eigenvalue weighted by atomic mass is 16.6. The fraction of sp³-hybridized carbons (Fsp3) is 0.280. The minimum absolute atomic E-state index is 0.218. The SMILES string of the molecule is CCN(CC)C(C)c1cc(CONC(=O)c2ccc(C(=O)NO)cc2)c2ccccc2c1. The zero-order valence-corrected chi connectivity index (χ0v) is 18.6. The predicted molar refractivity (Wildman–Crippen MR) is 123 cm³/mol. The Hall–Kier alpha value is -3.26. The quantitative estimate of drug-likeness (QED) is 0.346. The maximum absolute atomic E-state index is 12.4. The third kappa shape index (κ3) is 5.31. The van der Waals surface area contributed by atoms with Crippen molar-refractivity contribution in [2.75, 3.05) is 13.1 Å². The second-order valence-corrected chi connectivity index (χ2v) is 7.54. The molecule has 3 rings (SSSR count). The van der Waals surface area contributed by atoms with Crippen LogP contribution in [-0.4, -0.2) is 35.0 Å². The number of benzene rings is 3. The standard InChI is InChI=1S/C25H29N3O4/c1-4-28(5-2)17(3)21-14-20-8-6-7-9-23(20)22(15-21)16-32-27-25(30)19-12-10-18(11-13-19)24(29)26-31/h6-15,17,31H,4-5,16H2,1-3H3,(H,26,29)(H,27,30). The van der Waals surface area contributed by atoms with E-state index in [2.05, 4.69) is 49.4 Å². The van der Waals surface area contributed by atoms with E-state index in [1.54, 1.807) is 5.48 Å². The summed E-state index contributed by atoms with van der Waals surface area (Å²) in [6, 6.07) is 18.6. The lowest BCUT2D eigenvalue weighted by Gasteiger charge is -2.27. The number of hydrogen-bond donors (Lipinski definition) is 3. The number of nitrogens with zero attached hydrogens (tertiary/aromatic N) is 1. The molecule has 168 valence electrons. The number of carbonyl (C=O) groups excluding carboxylic acids is 2. The van der Waals surface area contributed by atoms with Gasteiger partial charge in [0.2, 0.25) is 0 Å². The van der Waals surface area contributed by atoms with Crippen LogP contribution in [0, 0.1) is 0 Å². The van der Waals surface area contributed by atoms with Crippen molar-refractivity contribution in [1.82, 2.24) is 15.9 Å². The first-order valence-electron chi connectivity index (χ1n) is 10.7. The van der Waals surface area contributed by atoms with Crippen molar-refractivity contribution in [1.29, 1.82) is 0 Å². The van der Waals surface area contributed by atoms with Gasteiger partial charge >= 0.3 is 0 Å². The average molecular weight is 436 g/mol. The van der Waals surface area contributed by atoms with Crippen molar-refractivity contribution in [2.45, 2.75) is 33.4 Å². The molecular formula is C25H29N3O4. The molecule has 2 amide bonds. The second kappa shape index (κ2) is 10.9. The molecule has 7 heteroatoms. The molecule has 0 aromatic heterocycles. The van der Waals surface area contributed by atoms with E-state index in [0.29, 0.717) is 5.56 Å². The molecular weight excluding hydrogens is 406 g/mol. The monoisotopic (exact) mass is 435 g/mol. The van der Waals surface area contributed by atoms with Crippen LogP contribution in [0.1, 0.15) is 58.7 Å². The molecule has 3 aromatic rings. The summed E-state index contributed by atoms with van der Waals surface area (Å²) in [7, 11) is 0. The maximum Gasteiger partial charge on any atom is 0.274 e. The normalized spacial score (nSPS) is 12.0. The van der Waals surface area contributed by atoms with Crippen molar-refractivity contribution in [3.05, 3.63) is 82.9 Å². The summed E-state index contributed by atoms with van der Waals surface area (Å²) in [5.41, 5.74) is 6.81. The van der Waals surface area contributed by atoms with Gasteiger partial charge in [-0.2, -0.15) is 0 Å². The molecule has 0 spiro atoms. The molecule has 32 heavy (non-hydrogen) atoms. The van der Waals surface area contributed by atoms with Crippen molar-refractivity contribution in [2.24, 2.45) is 0 Å². The van der Waals surface area contributed by atoms with E-state index in [-0.39, 0.29) is 18.2 Å². The highest BCUT2D eigenvalue weighted by molar-refractivity contribution is 5.97. The average Bonchev–Trinajstić information content (AvgIpc) is 2.84. The lowest BCUT2D eigenvalue weighted by molar-refractivity contribution is 0.0237. The van der Waals surface area contributed by atoms with Crippen LogP contribution in [0.3, 0.4) is 0 Å². The Kier molecular flexibility index (Phi) is 7.94. The number of rotatable bonds is 9. The molecule has 0 heterocycles. The Balaban J connectivity index is 1.74. The van der Waals surface area contributed by atoms with Crippen LogP contribution in [0.5, 0.6) is 0 Å². The van der Waals surface area contributed by atoms with Gasteiger partial charge < -0.3 is 0 Å². The van der Waals surface area contributed by atoms with Crippen molar-refractivity contribution >= 4 is 22.6 Å². The summed E-state index contributed by atoms with van der Waals surface area (Å²) >= 11 is 0. The Morgan fingerprint density at radius 1 is 0.969 bits per heavy atom. The Morgan fingerprint density at radius 3 is 2.22 bits per heavy atom. The number of amides is 2. The van der Waals surface area contributed by atoms with E-state index in [4.69, 9.17) is 10.0 Å². The van der Waals surface area contributed by atoms with Gasteiger partial charge in [-0.05, 0) is 72.2 Å². The Morgan fingerprint density at radius 2 is 1.59 bits per heavy atom. The van der Waals surface area contributed by atoms with Gasteiger partial charge in [-0.25, -0.2) is 11.0 Å². The molecule has 0 aliphatic rings. The first-order chi connectivity index (χ1) is 15.5. The number of fused-ring (bicyclic) bond motifs is 1. The molecule has 1 atom stereocenters. The van der Waals surface area contributed by atoms with Gasteiger partial charge in [0.05, 0.1) is 0 Å². The van der Waals surface area contributed by atoms with Crippen LogP contribution in [0.2, 0.25) is 0 Å². The van der Waals surface area contributed by atoms with Crippen LogP contribution in [0.15, 0.2) is 60.7 Å². The summed E-state index contributed by atoms with van der Waals surface area (Å²) in [5, 5.41) is 10.9. The van der Waals surface area contributed by atoms with Crippen molar-refractivity contribution in [3.63, 3.8) is 0 Å². The topological polar surface area (TPSA) is 90.9 Å². The fourth-order valence-corrected chi connectivity index (χ4v) is 3.83. The second-order valence-electron chi connectivity index (χ2n) is 7.54. The summed E-state index contributed by atoms with van der Waals surface area (Å²) in [6.45, 7) is 8.66. The first kappa shape index (κ1) is 23.4. The van der Waals surface area contributed by atoms with Crippen LogP contribution in [-0.2, 0) is 11.4 Å². The van der Waals surface area contributed by atoms with Gasteiger partial charge in [0, 0.05) is 17.2 Å². The van der Waals surface area contributed by atoms with Crippen LogP contribution in [0.25, 0.3) is 10.8 Å². The molecule has 0 aliphatic carbocycles. The summed E-state index contributed by atoms with van der Waals surface area (Å²) in [5.74, 6) is -1.06. The van der Waals surface area contributed by atoms with E-state index in [1.807, 2.05) is 18.2 Å². The van der Waals surface area contributed by atoms with Gasteiger partial charge in [0.1, 0.15) is 6.61 Å². The lowest BCUT2D eigenvalue weighted by Crippen LogP contribution is -2.26. The molecule has 7 nitrogen and oxygen atoms in total. The number of nitrogens with one attached hydrogen (secondary N) is 2. The highest BCUT2D eigenvalue weighted by Gasteiger charge is 2.15. The Bertz CT molecular complexity index is 1080. The van der Waals surface area contributed by atoms with Gasteiger partial charge in [-0.1, -0.05) is 44.2 Å². The van der Waals surface area contributed by atoms with Gasteiger partial charge in [0.15, 0.2) is 0 Å².